The highest BCUT2D eigenvalue weighted by molar-refractivity contribution is 6.46. The molecule has 0 spiro atoms. The number of hydrogen-bond acceptors (Lipinski definition) is 7. The van der Waals surface area contributed by atoms with Crippen LogP contribution in [0.25, 0.3) is 5.76 Å². The zero-order chi connectivity index (χ0) is 28.7. The van der Waals surface area contributed by atoms with Crippen LogP contribution in [0.3, 0.4) is 0 Å². The lowest BCUT2D eigenvalue weighted by Gasteiger charge is -2.29. The van der Waals surface area contributed by atoms with E-state index in [1.165, 1.54) is 37.2 Å². The maximum absolute atomic E-state index is 13.8. The number of nitrogens with zero attached hydrogens (tertiary/aromatic N) is 1. The second-order valence-corrected chi connectivity index (χ2v) is 9.48. The minimum atomic E-state index is -0.941. The van der Waals surface area contributed by atoms with Gasteiger partial charge in [0.25, 0.3) is 5.91 Å². The number of methoxy groups -OCH3 is 3. The van der Waals surface area contributed by atoms with Crippen LogP contribution in [0.5, 0.6) is 23.0 Å². The summed E-state index contributed by atoms with van der Waals surface area (Å²) < 4.78 is 22.0. The Hall–Kier alpha value is -3.43. The number of likely N-dealkylation sites (tertiary alicyclic amines) is 1. The van der Waals surface area contributed by atoms with Crippen molar-refractivity contribution in [1.82, 2.24) is 4.90 Å². The van der Waals surface area contributed by atoms with Gasteiger partial charge in [-0.05, 0) is 56.2 Å². The minimum Gasteiger partial charge on any atom is -0.872 e. The van der Waals surface area contributed by atoms with Crippen LogP contribution >= 0.6 is 11.6 Å². The first-order valence-corrected chi connectivity index (χ1v) is 13.5. The molecule has 3 rings (SSSR count). The molecular formula is C29H37ClN2O7. The quantitative estimate of drug-likeness (QED) is 0.228. The minimum absolute atomic E-state index is 0.148. The number of rotatable bonds is 13. The Morgan fingerprint density at radius 2 is 1.62 bits per heavy atom. The third-order valence-electron chi connectivity index (χ3n) is 6.96. The van der Waals surface area contributed by atoms with E-state index in [1.54, 1.807) is 24.3 Å². The summed E-state index contributed by atoms with van der Waals surface area (Å²) in [4.78, 5) is 29.6. The van der Waals surface area contributed by atoms with E-state index in [0.29, 0.717) is 48.1 Å². The van der Waals surface area contributed by atoms with E-state index < -0.39 is 23.5 Å². The first-order chi connectivity index (χ1) is 18.8. The molecule has 212 valence electrons. The van der Waals surface area contributed by atoms with Gasteiger partial charge in [-0.15, -0.1) is 0 Å². The summed E-state index contributed by atoms with van der Waals surface area (Å²) in [5, 5.41) is 14.1. The predicted molar refractivity (Wildman–Crippen MR) is 147 cm³/mol. The largest absolute Gasteiger partial charge is 0.872 e. The van der Waals surface area contributed by atoms with Crippen molar-refractivity contribution in [2.24, 2.45) is 0 Å². The number of quaternary nitrogens is 1. The highest BCUT2D eigenvalue weighted by Gasteiger charge is 2.44. The molecule has 2 aromatic carbocycles. The van der Waals surface area contributed by atoms with Crippen LogP contribution in [-0.2, 0) is 9.59 Å². The normalized spacial score (nSPS) is 16.6. The average Bonchev–Trinajstić information content (AvgIpc) is 3.20. The van der Waals surface area contributed by atoms with Gasteiger partial charge in [0.05, 0.1) is 58.6 Å². The maximum Gasteiger partial charge on any atom is 0.295 e. The van der Waals surface area contributed by atoms with Crippen molar-refractivity contribution < 1.29 is 38.5 Å². The number of ketones is 1. The predicted octanol–water partition coefficient (Wildman–Crippen LogP) is 2.30. The molecule has 0 aliphatic carbocycles. The van der Waals surface area contributed by atoms with Gasteiger partial charge in [0.15, 0.2) is 11.5 Å². The monoisotopic (exact) mass is 560 g/mol. The first kappa shape index (κ1) is 30.1. The molecule has 1 amide bonds. The molecule has 1 unspecified atom stereocenters. The van der Waals surface area contributed by atoms with Crippen LogP contribution in [0, 0.1) is 0 Å². The number of hydrogen-bond donors (Lipinski definition) is 1. The zero-order valence-corrected chi connectivity index (χ0v) is 24.1. The van der Waals surface area contributed by atoms with Crippen molar-refractivity contribution in [1.29, 1.82) is 0 Å². The number of ether oxygens (including phenoxy) is 4. The van der Waals surface area contributed by atoms with Gasteiger partial charge >= 0.3 is 0 Å². The number of benzene rings is 2. The zero-order valence-electron chi connectivity index (χ0n) is 23.4. The number of halogens is 1. The molecule has 1 aliphatic rings. The molecule has 39 heavy (non-hydrogen) atoms. The Morgan fingerprint density at radius 3 is 2.13 bits per heavy atom. The Balaban J connectivity index is 2.18. The van der Waals surface area contributed by atoms with Crippen LogP contribution in [-0.4, -0.2) is 70.7 Å². The van der Waals surface area contributed by atoms with Crippen molar-refractivity contribution in [2.45, 2.75) is 33.2 Å². The molecule has 10 heteroatoms. The number of amides is 1. The fraction of sp³-hybridized carbons (Fsp3) is 0.448. The average molecular weight is 561 g/mol. The van der Waals surface area contributed by atoms with E-state index in [2.05, 4.69) is 13.8 Å². The summed E-state index contributed by atoms with van der Waals surface area (Å²) in [7, 11) is 4.45. The Labute approximate surface area is 234 Å². The summed E-state index contributed by atoms with van der Waals surface area (Å²) in [6.45, 7) is 9.48. The van der Waals surface area contributed by atoms with Gasteiger partial charge in [-0.3, -0.25) is 9.59 Å². The fourth-order valence-electron chi connectivity index (χ4n) is 4.88. The number of carbonyl (C=O) groups excluding carboxylic acids is 2. The van der Waals surface area contributed by atoms with E-state index in [0.717, 1.165) is 19.6 Å². The third kappa shape index (κ3) is 6.25. The molecular weight excluding hydrogens is 524 g/mol. The molecule has 1 fully saturated rings. The molecule has 2 aromatic rings. The third-order valence-corrected chi connectivity index (χ3v) is 7.25. The molecule has 0 radical (unpaired) electrons. The van der Waals surface area contributed by atoms with Crippen molar-refractivity contribution in [2.75, 3.05) is 54.1 Å². The van der Waals surface area contributed by atoms with Gasteiger partial charge in [0.2, 0.25) is 11.5 Å². The highest BCUT2D eigenvalue weighted by atomic mass is 35.5. The lowest BCUT2D eigenvalue weighted by Crippen LogP contribution is -3.11. The van der Waals surface area contributed by atoms with Crippen LogP contribution < -0.4 is 29.0 Å². The van der Waals surface area contributed by atoms with Crippen LogP contribution in [0.1, 0.15) is 44.4 Å². The summed E-state index contributed by atoms with van der Waals surface area (Å²) in [6, 6.07) is 6.97. The summed E-state index contributed by atoms with van der Waals surface area (Å²) in [5.41, 5.74) is 0.537. The lowest BCUT2D eigenvalue weighted by molar-refractivity contribution is -0.896. The van der Waals surface area contributed by atoms with Crippen LogP contribution in [0.2, 0.25) is 5.02 Å². The van der Waals surface area contributed by atoms with E-state index in [1.807, 2.05) is 6.92 Å². The van der Waals surface area contributed by atoms with E-state index in [9.17, 15) is 14.7 Å². The second-order valence-electron chi connectivity index (χ2n) is 9.07. The Morgan fingerprint density at radius 1 is 0.974 bits per heavy atom. The van der Waals surface area contributed by atoms with Gasteiger partial charge in [0, 0.05) is 18.5 Å². The molecule has 1 N–H and O–H groups in total. The van der Waals surface area contributed by atoms with Crippen molar-refractivity contribution in [3.8, 4) is 23.0 Å². The molecule has 1 aliphatic heterocycles. The lowest BCUT2D eigenvalue weighted by atomic mass is 9.94. The van der Waals surface area contributed by atoms with Crippen molar-refractivity contribution >= 4 is 29.1 Å². The van der Waals surface area contributed by atoms with Gasteiger partial charge in [-0.25, -0.2) is 0 Å². The SMILES string of the molecule is CCOc1ccc(/C([O-])=C2\C(=O)C(=O)N(CCC[NH+](CC)CC)C2c2cc(OC)c(OC)c(OC)c2)cc1Cl. The summed E-state index contributed by atoms with van der Waals surface area (Å²) >= 11 is 6.35. The molecule has 1 saturated heterocycles. The van der Waals surface area contributed by atoms with Gasteiger partial charge in [-0.2, -0.15) is 0 Å². The summed E-state index contributed by atoms with van der Waals surface area (Å²) in [6.07, 6.45) is 0.660. The molecule has 0 saturated carbocycles. The van der Waals surface area contributed by atoms with E-state index in [4.69, 9.17) is 30.5 Å². The summed E-state index contributed by atoms with van der Waals surface area (Å²) in [5.74, 6) is -0.640. The number of nitrogens with one attached hydrogen (secondary N) is 1. The Kier molecular flexibility index (Phi) is 10.5. The molecule has 1 heterocycles. The number of Topliss-reactive ketones (excluding diaryl/α,β-unsaturated/α-hetero) is 1. The molecule has 0 aromatic heterocycles. The van der Waals surface area contributed by atoms with Gasteiger partial charge in [0.1, 0.15) is 5.75 Å². The van der Waals surface area contributed by atoms with Gasteiger partial charge < -0.3 is 33.9 Å². The smallest absolute Gasteiger partial charge is 0.295 e. The van der Waals surface area contributed by atoms with E-state index >= 15 is 0 Å². The van der Waals surface area contributed by atoms with Gasteiger partial charge in [-0.1, -0.05) is 23.4 Å². The number of carbonyl (C=O) groups is 2. The van der Waals surface area contributed by atoms with E-state index in [-0.39, 0.29) is 16.2 Å². The standard InChI is InChI=1S/C29H37ClN2O7/c1-7-31(8-2)13-10-14-32-25(19-16-22(36-4)28(38-6)23(17-19)37-5)24(27(34)29(32)35)26(33)18-11-12-21(39-9-3)20(30)15-18/h11-12,15-17,25,33H,7-10,13-14H2,1-6H3/b26-24+. The molecule has 1 atom stereocenters. The first-order valence-electron chi connectivity index (χ1n) is 13.1. The van der Waals surface area contributed by atoms with Crippen molar-refractivity contribution in [3.63, 3.8) is 0 Å². The maximum atomic E-state index is 13.8. The fourth-order valence-corrected chi connectivity index (χ4v) is 5.11. The molecule has 0 bridgehead atoms. The van der Waals surface area contributed by atoms with Crippen LogP contribution in [0.15, 0.2) is 35.9 Å². The van der Waals surface area contributed by atoms with Crippen molar-refractivity contribution in [3.05, 3.63) is 52.1 Å². The Bertz CT molecular complexity index is 1200. The molecule has 9 nitrogen and oxygen atoms in total. The van der Waals surface area contributed by atoms with Crippen LogP contribution in [0.4, 0.5) is 0 Å². The highest BCUT2D eigenvalue weighted by Crippen LogP contribution is 2.45. The second kappa shape index (κ2) is 13.6. The topological polar surface area (TPSA) is 102 Å².